The summed E-state index contributed by atoms with van der Waals surface area (Å²) in [6.45, 7) is 3.77. The third-order valence-corrected chi connectivity index (χ3v) is 1.06. The zero-order valence-corrected chi connectivity index (χ0v) is 6.85. The van der Waals surface area contributed by atoms with Crippen molar-refractivity contribution in [3.63, 3.8) is 0 Å². The second-order valence-electron chi connectivity index (χ2n) is 1.94. The van der Waals surface area contributed by atoms with Crippen LogP contribution < -0.4 is 5.32 Å². The van der Waals surface area contributed by atoms with Gasteiger partial charge in [0.25, 0.3) is 0 Å². The van der Waals surface area contributed by atoms with Gasteiger partial charge in [-0.1, -0.05) is 6.92 Å². The highest BCUT2D eigenvalue weighted by atomic mass is 16.5. The van der Waals surface area contributed by atoms with Gasteiger partial charge in [0.15, 0.2) is 0 Å². The van der Waals surface area contributed by atoms with Crippen LogP contribution in [-0.4, -0.2) is 25.0 Å². The maximum atomic E-state index is 10.6. The highest BCUT2D eigenvalue weighted by molar-refractivity contribution is 5.81. The monoisotopic (exact) mass is 159 g/mol. The minimum atomic E-state index is -0.394. The van der Waals surface area contributed by atoms with E-state index in [4.69, 9.17) is 0 Å². The lowest BCUT2D eigenvalue weighted by molar-refractivity contribution is -0.143. The van der Waals surface area contributed by atoms with Crippen molar-refractivity contribution in [2.24, 2.45) is 0 Å². The summed E-state index contributed by atoms with van der Waals surface area (Å²) in [5, 5.41) is 2.40. The first kappa shape index (κ1) is 9.94. The molecule has 1 N–H and O–H groups in total. The molecule has 0 radical (unpaired) electrons. The average Bonchev–Trinajstić information content (AvgIpc) is 2.01. The fraction of sp³-hybridized carbons (Fsp3) is 0.714. The van der Waals surface area contributed by atoms with E-state index in [-0.39, 0.29) is 12.5 Å². The zero-order valence-electron chi connectivity index (χ0n) is 6.85. The second-order valence-corrected chi connectivity index (χ2v) is 1.94. The zero-order chi connectivity index (χ0) is 8.69. The van der Waals surface area contributed by atoms with Gasteiger partial charge in [0.05, 0.1) is 6.61 Å². The van der Waals surface area contributed by atoms with Crippen molar-refractivity contribution in [3.05, 3.63) is 0 Å². The number of nitrogens with one attached hydrogen (secondary N) is 1. The fourth-order valence-electron chi connectivity index (χ4n) is 0.508. The van der Waals surface area contributed by atoms with Crippen LogP contribution in [0.4, 0.5) is 0 Å². The van der Waals surface area contributed by atoms with Crippen LogP contribution in [0, 0.1) is 0 Å². The first-order valence-electron chi connectivity index (χ1n) is 3.63. The molecule has 0 heterocycles. The predicted molar refractivity (Wildman–Crippen MR) is 39.9 cm³/mol. The van der Waals surface area contributed by atoms with Gasteiger partial charge < -0.3 is 10.1 Å². The van der Waals surface area contributed by atoms with E-state index in [1.807, 2.05) is 0 Å². The van der Waals surface area contributed by atoms with Crippen LogP contribution in [0.3, 0.4) is 0 Å². The van der Waals surface area contributed by atoms with E-state index in [1.54, 1.807) is 13.8 Å². The molecule has 0 saturated carbocycles. The van der Waals surface area contributed by atoms with Gasteiger partial charge in [-0.05, 0) is 6.92 Å². The molecule has 0 unspecified atom stereocenters. The van der Waals surface area contributed by atoms with Crippen LogP contribution >= 0.6 is 0 Å². The quantitative estimate of drug-likeness (QED) is 0.591. The van der Waals surface area contributed by atoms with E-state index in [0.717, 1.165) is 0 Å². The molecule has 1 amide bonds. The fourth-order valence-corrected chi connectivity index (χ4v) is 0.508. The average molecular weight is 159 g/mol. The lowest BCUT2D eigenvalue weighted by atomic mass is 10.4. The molecule has 11 heavy (non-hydrogen) atoms. The summed E-state index contributed by atoms with van der Waals surface area (Å²) in [7, 11) is 0. The Bertz CT molecular complexity index is 145. The van der Waals surface area contributed by atoms with Gasteiger partial charge in [0.1, 0.15) is 6.54 Å². The first-order valence-corrected chi connectivity index (χ1v) is 3.63. The summed E-state index contributed by atoms with van der Waals surface area (Å²) in [6.07, 6.45) is 0.388. The van der Waals surface area contributed by atoms with E-state index in [1.165, 1.54) is 0 Å². The predicted octanol–water partition coefficient (Wildman–Crippen LogP) is 0.0757. The molecule has 0 bridgehead atoms. The lowest BCUT2D eigenvalue weighted by Gasteiger charge is -2.02. The van der Waals surface area contributed by atoms with Crippen LogP contribution in [0.1, 0.15) is 20.3 Å². The summed E-state index contributed by atoms with van der Waals surface area (Å²) in [4.78, 5) is 21.2. The van der Waals surface area contributed by atoms with Crippen LogP contribution in [0.5, 0.6) is 0 Å². The lowest BCUT2D eigenvalue weighted by Crippen LogP contribution is -2.29. The Morgan fingerprint density at radius 1 is 1.36 bits per heavy atom. The van der Waals surface area contributed by atoms with Crippen LogP contribution in [0.15, 0.2) is 0 Å². The smallest absolute Gasteiger partial charge is 0.325 e. The van der Waals surface area contributed by atoms with E-state index >= 15 is 0 Å². The normalized spacial score (nSPS) is 8.91. The van der Waals surface area contributed by atoms with Crippen molar-refractivity contribution >= 4 is 11.9 Å². The molecule has 4 nitrogen and oxygen atoms in total. The maximum Gasteiger partial charge on any atom is 0.325 e. The minimum Gasteiger partial charge on any atom is -0.465 e. The minimum absolute atomic E-state index is 0.0273. The van der Waals surface area contributed by atoms with Gasteiger partial charge >= 0.3 is 5.97 Å². The molecule has 0 aromatic heterocycles. The van der Waals surface area contributed by atoms with Crippen molar-refractivity contribution < 1.29 is 14.3 Å². The third kappa shape index (κ3) is 5.39. The highest BCUT2D eigenvalue weighted by Gasteiger charge is 2.02. The van der Waals surface area contributed by atoms with Crippen molar-refractivity contribution in [1.82, 2.24) is 5.32 Å². The Balaban J connectivity index is 3.38. The topological polar surface area (TPSA) is 55.4 Å². The standard InChI is InChI=1S/C7H13NO3/c1-3-6(9)8-5-7(10)11-4-2/h3-5H2,1-2H3,(H,8,9). The summed E-state index contributed by atoms with van der Waals surface area (Å²) < 4.78 is 4.58. The van der Waals surface area contributed by atoms with Crippen molar-refractivity contribution in [2.75, 3.05) is 13.2 Å². The summed E-state index contributed by atoms with van der Waals surface area (Å²) in [5.74, 6) is -0.535. The van der Waals surface area contributed by atoms with Crippen molar-refractivity contribution in [2.45, 2.75) is 20.3 Å². The number of rotatable bonds is 4. The largest absolute Gasteiger partial charge is 0.465 e. The van der Waals surface area contributed by atoms with E-state index < -0.39 is 5.97 Å². The van der Waals surface area contributed by atoms with E-state index in [0.29, 0.717) is 13.0 Å². The van der Waals surface area contributed by atoms with Gasteiger partial charge in [-0.3, -0.25) is 9.59 Å². The third-order valence-electron chi connectivity index (χ3n) is 1.06. The SMILES string of the molecule is CCOC(=O)CNC(=O)CC. The number of carbonyl (C=O) groups is 2. The molecule has 0 atom stereocenters. The van der Waals surface area contributed by atoms with Crippen LogP contribution in [0.2, 0.25) is 0 Å². The Morgan fingerprint density at radius 3 is 2.45 bits per heavy atom. The van der Waals surface area contributed by atoms with Crippen molar-refractivity contribution in [3.8, 4) is 0 Å². The molecule has 0 aliphatic rings. The highest BCUT2D eigenvalue weighted by Crippen LogP contribution is 1.77. The maximum absolute atomic E-state index is 10.6. The Labute approximate surface area is 65.9 Å². The van der Waals surface area contributed by atoms with Gasteiger partial charge in [0.2, 0.25) is 5.91 Å². The number of esters is 1. The molecule has 0 fully saturated rings. The van der Waals surface area contributed by atoms with Gasteiger partial charge in [0, 0.05) is 6.42 Å². The molecule has 0 spiro atoms. The van der Waals surface area contributed by atoms with E-state index in [2.05, 4.69) is 10.1 Å². The number of carbonyl (C=O) groups excluding carboxylic acids is 2. The van der Waals surface area contributed by atoms with E-state index in [9.17, 15) is 9.59 Å². The molecule has 64 valence electrons. The van der Waals surface area contributed by atoms with Gasteiger partial charge in [-0.15, -0.1) is 0 Å². The second kappa shape index (κ2) is 5.70. The molecular weight excluding hydrogens is 146 g/mol. The number of amides is 1. The Hall–Kier alpha value is -1.06. The van der Waals surface area contributed by atoms with Gasteiger partial charge in [-0.25, -0.2) is 0 Å². The number of hydrogen-bond acceptors (Lipinski definition) is 3. The Morgan fingerprint density at radius 2 is 2.00 bits per heavy atom. The number of hydrogen-bond donors (Lipinski definition) is 1. The molecule has 0 rings (SSSR count). The summed E-state index contributed by atoms with van der Waals surface area (Å²) >= 11 is 0. The number of ether oxygens (including phenoxy) is 1. The van der Waals surface area contributed by atoms with Crippen LogP contribution in [-0.2, 0) is 14.3 Å². The molecule has 0 aromatic carbocycles. The Kier molecular flexibility index (Phi) is 5.15. The molecule has 4 heteroatoms. The summed E-state index contributed by atoms with van der Waals surface area (Å²) in [5.41, 5.74) is 0. The molecular formula is C7H13NO3. The molecule has 0 aromatic rings. The van der Waals surface area contributed by atoms with Gasteiger partial charge in [-0.2, -0.15) is 0 Å². The molecule has 0 saturated heterocycles. The molecule has 0 aliphatic carbocycles. The van der Waals surface area contributed by atoms with Crippen molar-refractivity contribution in [1.29, 1.82) is 0 Å². The van der Waals surface area contributed by atoms with Crippen LogP contribution in [0.25, 0.3) is 0 Å². The summed E-state index contributed by atoms with van der Waals surface area (Å²) in [6, 6.07) is 0. The molecule has 0 aliphatic heterocycles. The first-order chi connectivity index (χ1) is 5.20.